The molecule has 2 aromatic carbocycles. The molecule has 0 aromatic heterocycles. The first-order chi connectivity index (χ1) is 12.0. The summed E-state index contributed by atoms with van der Waals surface area (Å²) < 4.78 is 0. The van der Waals surface area contributed by atoms with Gasteiger partial charge in [-0.2, -0.15) is 0 Å². The molecule has 0 aliphatic carbocycles. The van der Waals surface area contributed by atoms with Gasteiger partial charge >= 0.3 is 0 Å². The Morgan fingerprint density at radius 2 is 1.88 bits per heavy atom. The normalized spacial score (nSPS) is 12.2. The average Bonchev–Trinajstić information content (AvgIpc) is 2.58. The lowest BCUT2D eigenvalue weighted by Crippen LogP contribution is -2.14. The maximum Gasteiger partial charge on any atom is 0.182 e. The Labute approximate surface area is 153 Å². The topological polar surface area (TPSA) is 51.0 Å². The molecule has 4 nitrogen and oxygen atoms in total. The molecule has 0 radical (unpaired) electrons. The van der Waals surface area contributed by atoms with Crippen molar-refractivity contribution in [3.05, 3.63) is 65.2 Å². The number of benzene rings is 2. The summed E-state index contributed by atoms with van der Waals surface area (Å²) in [6.07, 6.45) is 0. The highest BCUT2D eigenvalue weighted by Crippen LogP contribution is 2.22. The van der Waals surface area contributed by atoms with Crippen LogP contribution in [0.2, 0.25) is 0 Å². The molecule has 0 fully saturated rings. The van der Waals surface area contributed by atoms with Crippen molar-refractivity contribution in [2.45, 2.75) is 26.5 Å². The molecular weight excluding hydrogens is 332 g/mol. The summed E-state index contributed by atoms with van der Waals surface area (Å²) in [6.45, 7) is 5.53. The van der Waals surface area contributed by atoms with Crippen LogP contribution < -0.4 is 0 Å². The van der Waals surface area contributed by atoms with Crippen LogP contribution in [0, 0.1) is 6.92 Å². The largest absolute Gasteiger partial charge is 0.399 e. The highest BCUT2D eigenvalue weighted by Gasteiger charge is 2.14. The molecule has 130 valence electrons. The first-order valence-electron chi connectivity index (χ1n) is 7.96. The van der Waals surface area contributed by atoms with E-state index in [0.717, 1.165) is 21.9 Å². The summed E-state index contributed by atoms with van der Waals surface area (Å²) in [5.74, 6) is 0.581. The second-order valence-electron chi connectivity index (χ2n) is 5.59. The molecule has 2 rings (SSSR count). The highest BCUT2D eigenvalue weighted by molar-refractivity contribution is 8.13. The van der Waals surface area contributed by atoms with Gasteiger partial charge in [0.15, 0.2) is 11.5 Å². The van der Waals surface area contributed by atoms with Gasteiger partial charge < -0.3 is 4.84 Å². The molecular formula is C20H22N2O2S. The zero-order valence-electron chi connectivity index (χ0n) is 14.9. The lowest BCUT2D eigenvalue weighted by atomic mass is 10.0. The fraction of sp³-hybridized carbons (Fsp3) is 0.250. The number of hydrogen-bond acceptors (Lipinski definition) is 5. The molecule has 2 aromatic rings. The molecule has 0 amide bonds. The Morgan fingerprint density at radius 1 is 1.12 bits per heavy atom. The van der Waals surface area contributed by atoms with Crippen molar-refractivity contribution < 1.29 is 9.63 Å². The first-order valence-corrected chi connectivity index (χ1v) is 8.95. The van der Waals surface area contributed by atoms with Crippen LogP contribution in [0.1, 0.15) is 30.5 Å². The van der Waals surface area contributed by atoms with Crippen LogP contribution in [0.4, 0.5) is 5.69 Å². The Bertz CT molecular complexity index is 813. The second kappa shape index (κ2) is 9.18. The molecule has 0 aliphatic rings. The fourth-order valence-electron chi connectivity index (χ4n) is 2.37. The number of carbonyl (C=O) groups is 1. The summed E-state index contributed by atoms with van der Waals surface area (Å²) in [5, 5.41) is 4.85. The summed E-state index contributed by atoms with van der Waals surface area (Å²) in [5.41, 5.74) is 4.30. The van der Waals surface area contributed by atoms with Crippen molar-refractivity contribution in [2.24, 2.45) is 10.1 Å². The van der Waals surface area contributed by atoms with Gasteiger partial charge in [-0.1, -0.05) is 41.6 Å². The number of aliphatic imine (C=N–C) groups is 1. The maximum atomic E-state index is 11.9. The molecule has 0 spiro atoms. The average molecular weight is 354 g/mol. The van der Waals surface area contributed by atoms with Crippen molar-refractivity contribution in [2.75, 3.05) is 7.11 Å². The standard InChI is InChI=1S/C20H22N2O2S/c1-14-8-7-10-18(12-14)21-16(3)25-13-17-9-5-6-11-19(17)20(15(2)23)22-24-4/h5-12H,13H2,1-4H3/b21-16?,22-20-. The van der Waals surface area contributed by atoms with E-state index in [1.165, 1.54) is 19.6 Å². The number of thioether (sulfide) groups is 1. The summed E-state index contributed by atoms with van der Waals surface area (Å²) in [4.78, 5) is 21.3. The maximum absolute atomic E-state index is 11.9. The molecule has 0 heterocycles. The van der Waals surface area contributed by atoms with E-state index in [9.17, 15) is 4.79 Å². The predicted molar refractivity (Wildman–Crippen MR) is 106 cm³/mol. The summed E-state index contributed by atoms with van der Waals surface area (Å²) in [6, 6.07) is 15.8. The zero-order valence-corrected chi connectivity index (χ0v) is 15.8. The Balaban J connectivity index is 2.18. The van der Waals surface area contributed by atoms with Crippen molar-refractivity contribution in [1.29, 1.82) is 0 Å². The van der Waals surface area contributed by atoms with Crippen LogP contribution >= 0.6 is 11.8 Å². The van der Waals surface area contributed by atoms with Gasteiger partial charge in [-0.25, -0.2) is 4.99 Å². The third-order valence-corrected chi connectivity index (χ3v) is 4.48. The van der Waals surface area contributed by atoms with Crippen molar-refractivity contribution in [3.8, 4) is 0 Å². The van der Waals surface area contributed by atoms with E-state index >= 15 is 0 Å². The molecule has 25 heavy (non-hydrogen) atoms. The molecule has 0 aliphatic heterocycles. The molecule has 0 N–H and O–H groups in total. The fourth-order valence-corrected chi connectivity index (χ4v) is 3.15. The number of oxime groups is 1. The van der Waals surface area contributed by atoms with Crippen LogP contribution in [-0.4, -0.2) is 23.6 Å². The van der Waals surface area contributed by atoms with Gasteiger partial charge in [0.25, 0.3) is 0 Å². The van der Waals surface area contributed by atoms with Gasteiger partial charge in [0.1, 0.15) is 7.11 Å². The van der Waals surface area contributed by atoms with Crippen LogP contribution in [0.15, 0.2) is 58.7 Å². The predicted octanol–water partition coefficient (Wildman–Crippen LogP) is 4.92. The van der Waals surface area contributed by atoms with Crippen molar-refractivity contribution >= 4 is 34.0 Å². The molecule has 5 heteroatoms. The SMILES string of the molecule is CO/N=C(/C(C)=O)c1ccccc1CSC(C)=Nc1cccc(C)c1. The molecule has 0 saturated heterocycles. The number of carbonyl (C=O) groups excluding carboxylic acids is 1. The smallest absolute Gasteiger partial charge is 0.182 e. The van der Waals surface area contributed by atoms with Crippen LogP contribution in [-0.2, 0) is 15.4 Å². The number of aryl methyl sites for hydroxylation is 1. The van der Waals surface area contributed by atoms with E-state index < -0.39 is 0 Å². The van der Waals surface area contributed by atoms with Gasteiger partial charge in [-0.05, 0) is 37.1 Å². The minimum Gasteiger partial charge on any atom is -0.399 e. The van der Waals surface area contributed by atoms with E-state index in [1.807, 2.05) is 43.3 Å². The van der Waals surface area contributed by atoms with E-state index in [1.54, 1.807) is 11.8 Å². The van der Waals surface area contributed by atoms with Gasteiger partial charge in [-0.3, -0.25) is 4.79 Å². The Hall–Kier alpha value is -2.40. The van der Waals surface area contributed by atoms with Crippen LogP contribution in [0.25, 0.3) is 0 Å². The van der Waals surface area contributed by atoms with Gasteiger partial charge in [0.2, 0.25) is 0 Å². The Morgan fingerprint density at radius 3 is 2.56 bits per heavy atom. The zero-order chi connectivity index (χ0) is 18.2. The van der Waals surface area contributed by atoms with E-state index in [-0.39, 0.29) is 5.78 Å². The van der Waals surface area contributed by atoms with E-state index in [0.29, 0.717) is 11.5 Å². The minimum absolute atomic E-state index is 0.121. The van der Waals surface area contributed by atoms with Gasteiger partial charge in [0, 0.05) is 18.2 Å². The van der Waals surface area contributed by atoms with Crippen LogP contribution in [0.5, 0.6) is 0 Å². The number of ketones is 1. The molecule has 0 atom stereocenters. The summed E-state index contributed by atoms with van der Waals surface area (Å²) >= 11 is 1.63. The van der Waals surface area contributed by atoms with Gasteiger partial charge in [-0.15, -0.1) is 11.8 Å². The van der Waals surface area contributed by atoms with E-state index in [4.69, 9.17) is 4.84 Å². The summed E-state index contributed by atoms with van der Waals surface area (Å²) in [7, 11) is 1.44. The lowest BCUT2D eigenvalue weighted by Gasteiger charge is -2.09. The molecule has 0 unspecified atom stereocenters. The minimum atomic E-state index is -0.121. The Kier molecular flexibility index (Phi) is 6.95. The first kappa shape index (κ1) is 18.9. The van der Waals surface area contributed by atoms with Crippen molar-refractivity contribution in [1.82, 2.24) is 0 Å². The van der Waals surface area contributed by atoms with Crippen molar-refractivity contribution in [3.63, 3.8) is 0 Å². The molecule has 0 bridgehead atoms. The third-order valence-electron chi connectivity index (χ3n) is 3.51. The molecule has 0 saturated carbocycles. The third kappa shape index (κ3) is 5.57. The number of rotatable bonds is 6. The number of hydrogen-bond donors (Lipinski definition) is 0. The van der Waals surface area contributed by atoms with Gasteiger partial charge in [0.05, 0.1) is 10.7 Å². The highest BCUT2D eigenvalue weighted by atomic mass is 32.2. The number of Topliss-reactive ketones (excluding diaryl/α,β-unsaturated/α-hetero) is 1. The monoisotopic (exact) mass is 354 g/mol. The quantitative estimate of drug-likeness (QED) is 0.420. The lowest BCUT2D eigenvalue weighted by molar-refractivity contribution is -0.111. The van der Waals surface area contributed by atoms with Crippen LogP contribution in [0.3, 0.4) is 0 Å². The second-order valence-corrected chi connectivity index (χ2v) is 6.76. The van der Waals surface area contributed by atoms with E-state index in [2.05, 4.69) is 29.2 Å². The number of nitrogens with zero attached hydrogens (tertiary/aromatic N) is 2.